The minimum atomic E-state index is -0.613. The van der Waals surface area contributed by atoms with E-state index in [1.807, 2.05) is 11.3 Å². The van der Waals surface area contributed by atoms with Gasteiger partial charge in [0.1, 0.15) is 11.5 Å². The molecule has 10 heteroatoms. The molecular weight excluding hydrogens is 453 g/mol. The van der Waals surface area contributed by atoms with Crippen LogP contribution in [0, 0.1) is 12.7 Å². The van der Waals surface area contributed by atoms with Crippen molar-refractivity contribution in [2.45, 2.75) is 13.8 Å². The second kappa shape index (κ2) is 9.80. The maximum absolute atomic E-state index is 14.0. The molecular formula is C25H24FN5O4. The van der Waals surface area contributed by atoms with E-state index in [4.69, 9.17) is 4.74 Å². The summed E-state index contributed by atoms with van der Waals surface area (Å²) in [6, 6.07) is 9.49. The van der Waals surface area contributed by atoms with E-state index in [9.17, 15) is 14.0 Å². The molecule has 0 saturated heterocycles. The largest absolute Gasteiger partial charge is 0.491 e. The number of hydrogen-bond acceptors (Lipinski definition) is 6. The van der Waals surface area contributed by atoms with Crippen LogP contribution in [0.3, 0.4) is 0 Å². The normalized spacial score (nSPS) is 10.8. The minimum absolute atomic E-state index is 0.0887. The Bertz CT molecular complexity index is 1400. The number of aryl methyl sites for hydroxylation is 1. The van der Waals surface area contributed by atoms with Crippen molar-refractivity contribution in [1.82, 2.24) is 14.4 Å². The minimum Gasteiger partial charge on any atom is -0.491 e. The molecule has 1 aromatic carbocycles. The van der Waals surface area contributed by atoms with Crippen LogP contribution in [0.15, 0.2) is 55.0 Å². The van der Waals surface area contributed by atoms with Gasteiger partial charge in [-0.05, 0) is 49.7 Å². The zero-order valence-electron chi connectivity index (χ0n) is 19.7. The topological polar surface area (TPSA) is 98.1 Å². The van der Waals surface area contributed by atoms with E-state index in [1.54, 1.807) is 50.8 Å². The Hall–Kier alpha value is -4.47. The van der Waals surface area contributed by atoms with Crippen LogP contribution in [-0.2, 0) is 4.74 Å². The van der Waals surface area contributed by atoms with Gasteiger partial charge in [-0.3, -0.25) is 14.5 Å². The van der Waals surface area contributed by atoms with E-state index in [-0.39, 0.29) is 11.7 Å². The number of rotatable bonds is 6. The van der Waals surface area contributed by atoms with E-state index >= 15 is 0 Å². The van der Waals surface area contributed by atoms with Gasteiger partial charge in [-0.25, -0.2) is 19.2 Å². The highest BCUT2D eigenvalue weighted by Crippen LogP contribution is 2.27. The number of amides is 2. The van der Waals surface area contributed by atoms with Crippen LogP contribution in [0.1, 0.15) is 22.8 Å². The number of imidazole rings is 1. The van der Waals surface area contributed by atoms with Crippen molar-refractivity contribution in [2.75, 3.05) is 31.0 Å². The van der Waals surface area contributed by atoms with Crippen LogP contribution >= 0.6 is 0 Å². The molecule has 0 spiro atoms. The molecule has 9 nitrogen and oxygen atoms in total. The molecule has 1 N–H and O–H groups in total. The number of ether oxygens (including phenoxy) is 2. The van der Waals surface area contributed by atoms with Gasteiger partial charge in [-0.2, -0.15) is 0 Å². The molecule has 0 fully saturated rings. The van der Waals surface area contributed by atoms with Gasteiger partial charge in [0.15, 0.2) is 11.6 Å². The number of fused-ring (bicyclic) bond motifs is 1. The van der Waals surface area contributed by atoms with E-state index in [0.29, 0.717) is 29.3 Å². The van der Waals surface area contributed by atoms with E-state index in [0.717, 1.165) is 16.8 Å². The lowest BCUT2D eigenvalue weighted by atomic mass is 10.1. The van der Waals surface area contributed by atoms with Gasteiger partial charge >= 0.3 is 6.09 Å². The highest BCUT2D eigenvalue weighted by Gasteiger charge is 2.19. The molecule has 4 aromatic rings. The molecule has 4 rings (SSSR count). The van der Waals surface area contributed by atoms with Crippen LogP contribution in [0.5, 0.6) is 5.75 Å². The summed E-state index contributed by atoms with van der Waals surface area (Å²) in [5.74, 6) is -0.336. The van der Waals surface area contributed by atoms with E-state index in [1.165, 1.54) is 30.2 Å². The highest BCUT2D eigenvalue weighted by atomic mass is 19.1. The molecule has 0 unspecified atom stereocenters. The molecule has 0 aliphatic heterocycles. The predicted octanol–water partition coefficient (Wildman–Crippen LogP) is 4.70. The van der Waals surface area contributed by atoms with Gasteiger partial charge in [-0.15, -0.1) is 0 Å². The van der Waals surface area contributed by atoms with Crippen molar-refractivity contribution in [3.05, 3.63) is 71.9 Å². The van der Waals surface area contributed by atoms with Crippen molar-refractivity contribution in [2.24, 2.45) is 0 Å². The Labute approximate surface area is 201 Å². The summed E-state index contributed by atoms with van der Waals surface area (Å²) >= 11 is 0. The summed E-state index contributed by atoms with van der Waals surface area (Å²) < 4.78 is 25.7. The highest BCUT2D eigenvalue weighted by molar-refractivity contribution is 6.06. The molecule has 0 aliphatic carbocycles. The van der Waals surface area contributed by atoms with Crippen molar-refractivity contribution < 1.29 is 23.5 Å². The van der Waals surface area contributed by atoms with Crippen molar-refractivity contribution in [3.8, 4) is 17.0 Å². The molecule has 0 aliphatic rings. The predicted molar refractivity (Wildman–Crippen MR) is 129 cm³/mol. The van der Waals surface area contributed by atoms with Gasteiger partial charge < -0.3 is 14.4 Å². The van der Waals surface area contributed by atoms with Gasteiger partial charge in [0.2, 0.25) is 0 Å². The number of aromatic nitrogens is 3. The summed E-state index contributed by atoms with van der Waals surface area (Å²) in [4.78, 5) is 34.9. The molecule has 0 bridgehead atoms. The first-order valence-electron chi connectivity index (χ1n) is 10.8. The molecule has 180 valence electrons. The zero-order chi connectivity index (χ0) is 25.1. The maximum atomic E-state index is 14.0. The first-order chi connectivity index (χ1) is 16.8. The Morgan fingerprint density at radius 1 is 1.14 bits per heavy atom. The van der Waals surface area contributed by atoms with Crippen LogP contribution in [0.2, 0.25) is 0 Å². The van der Waals surface area contributed by atoms with Crippen molar-refractivity contribution in [1.29, 1.82) is 0 Å². The average Bonchev–Trinajstić information content (AvgIpc) is 3.29. The Morgan fingerprint density at radius 2 is 1.94 bits per heavy atom. The fraction of sp³-hybridized carbons (Fsp3) is 0.200. The Balaban J connectivity index is 1.67. The number of nitrogens with one attached hydrogen (secondary N) is 1. The summed E-state index contributed by atoms with van der Waals surface area (Å²) in [5, 5.41) is 2.50. The van der Waals surface area contributed by atoms with Crippen LogP contribution in [0.4, 0.5) is 20.7 Å². The van der Waals surface area contributed by atoms with Crippen LogP contribution in [0.25, 0.3) is 16.9 Å². The lowest BCUT2D eigenvalue weighted by Gasteiger charge is -2.19. The Kier molecular flexibility index (Phi) is 6.63. The first-order valence-corrected chi connectivity index (χ1v) is 10.8. The van der Waals surface area contributed by atoms with Crippen LogP contribution < -0.4 is 15.0 Å². The number of nitrogens with zero attached hydrogens (tertiary/aromatic N) is 4. The number of benzene rings is 1. The van der Waals surface area contributed by atoms with E-state index < -0.39 is 11.9 Å². The number of anilines is 2. The third-order valence-corrected chi connectivity index (χ3v) is 5.42. The molecule has 35 heavy (non-hydrogen) atoms. The van der Waals surface area contributed by atoms with Gasteiger partial charge in [0, 0.05) is 36.8 Å². The number of methoxy groups -OCH3 is 1. The van der Waals surface area contributed by atoms with Crippen molar-refractivity contribution >= 4 is 29.2 Å². The SMILES string of the molecule is CCOc1cc(N(C)C(=O)c2cc(C)c3ncc(-c4ccc(NC(=O)OC)nc4)n3c2)ccc1F. The van der Waals surface area contributed by atoms with Gasteiger partial charge in [0.25, 0.3) is 5.91 Å². The Morgan fingerprint density at radius 3 is 2.63 bits per heavy atom. The van der Waals surface area contributed by atoms with Gasteiger partial charge in [0.05, 0.1) is 31.2 Å². The first kappa shape index (κ1) is 23.7. The quantitative estimate of drug-likeness (QED) is 0.432. The number of pyridine rings is 2. The second-order valence-electron chi connectivity index (χ2n) is 7.71. The number of halogens is 1. The fourth-order valence-corrected chi connectivity index (χ4v) is 3.64. The monoisotopic (exact) mass is 477 g/mol. The van der Waals surface area contributed by atoms with Gasteiger partial charge in [-0.1, -0.05) is 0 Å². The second-order valence-corrected chi connectivity index (χ2v) is 7.71. The maximum Gasteiger partial charge on any atom is 0.412 e. The van der Waals surface area contributed by atoms with Crippen LogP contribution in [-0.4, -0.2) is 47.1 Å². The number of carbonyl (C=O) groups excluding carboxylic acids is 2. The van der Waals surface area contributed by atoms with E-state index in [2.05, 4.69) is 20.0 Å². The zero-order valence-corrected chi connectivity index (χ0v) is 19.7. The number of hydrogen-bond donors (Lipinski definition) is 1. The molecule has 0 saturated carbocycles. The lowest BCUT2D eigenvalue weighted by Crippen LogP contribution is -2.26. The summed E-state index contributed by atoms with van der Waals surface area (Å²) in [6.45, 7) is 3.95. The standard InChI is InChI=1S/C25H24FN5O4/c1-5-35-21-11-18(7-8-19(21)26)30(3)24(32)17-10-15(2)23-28-13-20(31(23)14-17)16-6-9-22(27-12-16)29-25(33)34-4/h6-14H,5H2,1-4H3,(H,27,29,33). The molecule has 3 heterocycles. The average molecular weight is 477 g/mol. The third-order valence-electron chi connectivity index (χ3n) is 5.42. The fourth-order valence-electron chi connectivity index (χ4n) is 3.64. The summed E-state index contributed by atoms with van der Waals surface area (Å²) in [6.07, 6.45) is 4.38. The summed E-state index contributed by atoms with van der Waals surface area (Å²) in [7, 11) is 2.89. The molecule has 0 atom stereocenters. The molecule has 3 aromatic heterocycles. The van der Waals surface area contributed by atoms with Crippen molar-refractivity contribution in [3.63, 3.8) is 0 Å². The molecule has 0 radical (unpaired) electrons. The lowest BCUT2D eigenvalue weighted by molar-refractivity contribution is 0.0992. The number of carbonyl (C=O) groups is 2. The molecule has 2 amide bonds. The summed E-state index contributed by atoms with van der Waals surface area (Å²) in [5.41, 5.74) is 3.89. The third kappa shape index (κ3) is 4.77. The smallest absolute Gasteiger partial charge is 0.412 e.